The van der Waals surface area contributed by atoms with Crippen LogP contribution in [-0.2, 0) is 14.8 Å². The number of nitrogens with one attached hydrogen (secondary N) is 1. The highest BCUT2D eigenvalue weighted by molar-refractivity contribution is 7.92. The molecule has 0 fully saturated rings. The molecule has 0 unspecified atom stereocenters. The summed E-state index contributed by atoms with van der Waals surface area (Å²) >= 11 is 6.02. The molecule has 0 saturated carbocycles. The maximum Gasteiger partial charge on any atom is 0.240 e. The van der Waals surface area contributed by atoms with Gasteiger partial charge in [-0.05, 0) is 31.0 Å². The SMILES string of the molecule is CCCCNC(=O)CN(c1cccc(Cl)c1C)S(C)(=O)=O. The number of sulfonamides is 1. The average Bonchev–Trinajstić information content (AvgIpc) is 2.39. The lowest BCUT2D eigenvalue weighted by atomic mass is 10.2. The molecule has 0 aliphatic heterocycles. The van der Waals surface area contributed by atoms with Gasteiger partial charge < -0.3 is 5.32 Å². The molecule has 21 heavy (non-hydrogen) atoms. The van der Waals surface area contributed by atoms with Crippen molar-refractivity contribution in [3.8, 4) is 0 Å². The number of hydrogen-bond donors (Lipinski definition) is 1. The van der Waals surface area contributed by atoms with Crippen LogP contribution in [0.2, 0.25) is 5.02 Å². The molecule has 0 heterocycles. The Hall–Kier alpha value is -1.27. The predicted octanol–water partition coefficient (Wildman–Crippen LogP) is 2.33. The van der Waals surface area contributed by atoms with Crippen LogP contribution < -0.4 is 9.62 Å². The number of nitrogens with zero attached hydrogens (tertiary/aromatic N) is 1. The second-order valence-electron chi connectivity index (χ2n) is 4.86. The fraction of sp³-hybridized carbons (Fsp3) is 0.500. The molecule has 1 aromatic rings. The van der Waals surface area contributed by atoms with Gasteiger partial charge in [-0.1, -0.05) is 31.0 Å². The van der Waals surface area contributed by atoms with Crippen LogP contribution in [0.15, 0.2) is 18.2 Å². The van der Waals surface area contributed by atoms with Crippen LogP contribution in [0.4, 0.5) is 5.69 Å². The molecule has 0 atom stereocenters. The van der Waals surface area contributed by atoms with E-state index in [0.29, 0.717) is 22.8 Å². The minimum Gasteiger partial charge on any atom is -0.355 e. The molecule has 1 amide bonds. The lowest BCUT2D eigenvalue weighted by molar-refractivity contribution is -0.119. The maximum absolute atomic E-state index is 12.0. The number of rotatable bonds is 7. The molecule has 1 N–H and O–H groups in total. The molecule has 0 saturated heterocycles. The third kappa shape index (κ3) is 5.21. The van der Waals surface area contributed by atoms with Gasteiger partial charge in [-0.3, -0.25) is 9.10 Å². The fourth-order valence-electron chi connectivity index (χ4n) is 1.84. The highest BCUT2D eigenvalue weighted by Crippen LogP contribution is 2.27. The molecular formula is C14H21ClN2O3S. The summed E-state index contributed by atoms with van der Waals surface area (Å²) in [6, 6.07) is 4.99. The molecule has 0 spiro atoms. The Labute approximate surface area is 131 Å². The Morgan fingerprint density at radius 1 is 1.38 bits per heavy atom. The Morgan fingerprint density at radius 2 is 2.05 bits per heavy atom. The Morgan fingerprint density at radius 3 is 2.62 bits per heavy atom. The highest BCUT2D eigenvalue weighted by Gasteiger charge is 2.22. The highest BCUT2D eigenvalue weighted by atomic mass is 35.5. The van der Waals surface area contributed by atoms with Crippen molar-refractivity contribution in [2.75, 3.05) is 23.7 Å². The van der Waals surface area contributed by atoms with Crippen LogP contribution in [0, 0.1) is 6.92 Å². The summed E-state index contributed by atoms with van der Waals surface area (Å²) in [4.78, 5) is 11.9. The van der Waals surface area contributed by atoms with Crippen LogP contribution in [0.5, 0.6) is 0 Å². The van der Waals surface area contributed by atoms with Crippen molar-refractivity contribution in [2.45, 2.75) is 26.7 Å². The van der Waals surface area contributed by atoms with Crippen LogP contribution >= 0.6 is 11.6 Å². The van der Waals surface area contributed by atoms with E-state index in [1.54, 1.807) is 25.1 Å². The molecule has 5 nitrogen and oxygen atoms in total. The molecule has 0 bridgehead atoms. The summed E-state index contributed by atoms with van der Waals surface area (Å²) in [5.41, 5.74) is 1.06. The van der Waals surface area contributed by atoms with Gasteiger partial charge in [-0.15, -0.1) is 0 Å². The van der Waals surface area contributed by atoms with Gasteiger partial charge in [0.2, 0.25) is 15.9 Å². The van der Waals surface area contributed by atoms with E-state index in [1.165, 1.54) is 0 Å². The minimum absolute atomic E-state index is 0.246. The van der Waals surface area contributed by atoms with E-state index in [1.807, 2.05) is 6.92 Å². The number of hydrogen-bond acceptors (Lipinski definition) is 3. The molecule has 0 aliphatic carbocycles. The first-order chi connectivity index (χ1) is 9.77. The normalized spacial score (nSPS) is 11.2. The Balaban J connectivity index is 2.98. The fourth-order valence-corrected chi connectivity index (χ4v) is 2.91. The summed E-state index contributed by atoms with van der Waals surface area (Å²) in [5, 5.41) is 3.18. The number of carbonyl (C=O) groups is 1. The van der Waals surface area contributed by atoms with Crippen LogP contribution in [0.1, 0.15) is 25.3 Å². The third-order valence-corrected chi connectivity index (χ3v) is 4.58. The second kappa shape index (κ2) is 7.66. The third-order valence-electron chi connectivity index (χ3n) is 3.05. The first kappa shape index (κ1) is 17.8. The molecule has 118 valence electrons. The Bertz CT molecular complexity index is 602. The minimum atomic E-state index is -3.57. The molecule has 0 aromatic heterocycles. The number of benzene rings is 1. The van der Waals surface area contributed by atoms with Gasteiger partial charge in [-0.2, -0.15) is 0 Å². The van der Waals surface area contributed by atoms with E-state index < -0.39 is 10.0 Å². The number of halogens is 1. The summed E-state index contributed by atoms with van der Waals surface area (Å²) in [7, 11) is -3.57. The molecule has 0 aliphatic rings. The zero-order valence-corrected chi connectivity index (χ0v) is 14.1. The number of anilines is 1. The number of amides is 1. The summed E-state index contributed by atoms with van der Waals surface area (Å²) in [6.45, 7) is 4.04. The quantitative estimate of drug-likeness (QED) is 0.779. The Kier molecular flexibility index (Phi) is 6.48. The van der Waals surface area contributed by atoms with E-state index in [0.717, 1.165) is 23.4 Å². The largest absolute Gasteiger partial charge is 0.355 e. The van der Waals surface area contributed by atoms with Crippen LogP contribution in [0.25, 0.3) is 0 Å². The van der Waals surface area contributed by atoms with Crippen molar-refractivity contribution in [3.63, 3.8) is 0 Å². The van der Waals surface area contributed by atoms with Gasteiger partial charge in [0.05, 0.1) is 11.9 Å². The number of unbranched alkanes of at least 4 members (excludes halogenated alkanes) is 1. The van der Waals surface area contributed by atoms with E-state index >= 15 is 0 Å². The predicted molar refractivity (Wildman–Crippen MR) is 86.3 cm³/mol. The topological polar surface area (TPSA) is 66.5 Å². The summed E-state index contributed by atoms with van der Waals surface area (Å²) in [6.07, 6.45) is 2.90. The van der Waals surface area contributed by atoms with Crippen LogP contribution in [0.3, 0.4) is 0 Å². The van der Waals surface area contributed by atoms with Gasteiger partial charge in [0.1, 0.15) is 6.54 Å². The van der Waals surface area contributed by atoms with Gasteiger partial charge in [0.25, 0.3) is 0 Å². The van der Waals surface area contributed by atoms with Gasteiger partial charge in [0.15, 0.2) is 0 Å². The lowest BCUT2D eigenvalue weighted by Gasteiger charge is -2.24. The monoisotopic (exact) mass is 332 g/mol. The second-order valence-corrected chi connectivity index (χ2v) is 7.17. The molecule has 0 radical (unpaired) electrons. The summed E-state index contributed by atoms with van der Waals surface area (Å²) in [5.74, 6) is -0.326. The maximum atomic E-state index is 12.0. The molecule has 1 rings (SSSR count). The van der Waals surface area contributed by atoms with Crippen molar-refractivity contribution in [1.29, 1.82) is 0 Å². The first-order valence-corrected chi connectivity index (χ1v) is 8.99. The van der Waals surface area contributed by atoms with E-state index in [2.05, 4.69) is 5.32 Å². The zero-order valence-electron chi connectivity index (χ0n) is 12.5. The van der Waals surface area contributed by atoms with Crippen molar-refractivity contribution in [2.24, 2.45) is 0 Å². The van der Waals surface area contributed by atoms with Gasteiger partial charge >= 0.3 is 0 Å². The number of carbonyl (C=O) groups excluding carboxylic acids is 1. The lowest BCUT2D eigenvalue weighted by Crippen LogP contribution is -2.41. The van der Waals surface area contributed by atoms with Crippen molar-refractivity contribution in [3.05, 3.63) is 28.8 Å². The molecule has 7 heteroatoms. The van der Waals surface area contributed by atoms with Crippen molar-refractivity contribution >= 4 is 33.2 Å². The smallest absolute Gasteiger partial charge is 0.240 e. The van der Waals surface area contributed by atoms with Gasteiger partial charge in [-0.25, -0.2) is 8.42 Å². The molecule has 1 aromatic carbocycles. The van der Waals surface area contributed by atoms with Crippen LogP contribution in [-0.4, -0.2) is 33.7 Å². The van der Waals surface area contributed by atoms with E-state index in [9.17, 15) is 13.2 Å². The van der Waals surface area contributed by atoms with Gasteiger partial charge in [0, 0.05) is 11.6 Å². The first-order valence-electron chi connectivity index (χ1n) is 6.77. The van der Waals surface area contributed by atoms with Crippen molar-refractivity contribution < 1.29 is 13.2 Å². The summed E-state index contributed by atoms with van der Waals surface area (Å²) < 4.78 is 25.0. The standard InChI is InChI=1S/C14H21ClN2O3S/c1-4-5-9-16-14(18)10-17(21(3,19)20)13-8-6-7-12(15)11(13)2/h6-8H,4-5,9-10H2,1-3H3,(H,16,18). The van der Waals surface area contributed by atoms with E-state index in [4.69, 9.17) is 11.6 Å². The average molecular weight is 333 g/mol. The van der Waals surface area contributed by atoms with Crippen molar-refractivity contribution in [1.82, 2.24) is 5.32 Å². The zero-order chi connectivity index (χ0) is 16.0. The van der Waals surface area contributed by atoms with E-state index in [-0.39, 0.29) is 12.5 Å². The molecular weight excluding hydrogens is 312 g/mol.